The molecule has 0 atom stereocenters. The van der Waals surface area contributed by atoms with E-state index in [2.05, 4.69) is 29.6 Å². The van der Waals surface area contributed by atoms with E-state index >= 15 is 0 Å². The van der Waals surface area contributed by atoms with Crippen LogP contribution in [0.4, 0.5) is 4.39 Å². The summed E-state index contributed by atoms with van der Waals surface area (Å²) in [6, 6.07) is 17.2. The number of carbonyl (C=O) groups is 1. The Labute approximate surface area is 220 Å². The lowest BCUT2D eigenvalue weighted by molar-refractivity contribution is 0.111. The first kappa shape index (κ1) is 26.1. The molecule has 0 amide bonds. The summed E-state index contributed by atoms with van der Waals surface area (Å²) in [6.45, 7) is 1.83. The minimum absolute atomic E-state index is 0.149. The van der Waals surface area contributed by atoms with Crippen molar-refractivity contribution in [2.24, 2.45) is 0 Å². The highest BCUT2D eigenvalue weighted by Crippen LogP contribution is 2.31. The molecule has 0 radical (unpaired) electrons. The summed E-state index contributed by atoms with van der Waals surface area (Å²) in [5.74, 6) is -0.305. The van der Waals surface area contributed by atoms with Crippen LogP contribution in [-0.4, -0.2) is 38.3 Å². The fourth-order valence-corrected chi connectivity index (χ4v) is 4.13. The van der Waals surface area contributed by atoms with Gasteiger partial charge in [0.15, 0.2) is 17.5 Å². The molecular formula is C26H20ClFN6O2S. The van der Waals surface area contributed by atoms with Gasteiger partial charge in [-0.05, 0) is 50.2 Å². The van der Waals surface area contributed by atoms with Crippen molar-refractivity contribution in [2.45, 2.75) is 11.9 Å². The highest BCUT2D eigenvalue weighted by Gasteiger charge is 2.16. The first-order valence-electron chi connectivity index (χ1n) is 10.9. The molecule has 11 heteroatoms. The third-order valence-corrected chi connectivity index (χ3v) is 5.80. The zero-order valence-electron chi connectivity index (χ0n) is 19.7. The van der Waals surface area contributed by atoms with Crippen molar-refractivity contribution in [1.82, 2.24) is 29.6 Å². The molecule has 4 aromatic heterocycles. The SMILES string of the molecule is CNSc1ccc(F)cn1.Cc1cc(-c2nc3c(=O)cc(C=O)[nH]c3nc2-c2ccccc2)cc(Cl)n1. The average Bonchev–Trinajstić information content (AvgIpc) is 2.90. The maximum Gasteiger partial charge on any atom is 0.210 e. The Morgan fingerprint density at radius 1 is 1.00 bits per heavy atom. The van der Waals surface area contributed by atoms with Crippen molar-refractivity contribution in [3.05, 3.63) is 99.4 Å². The quantitative estimate of drug-likeness (QED) is 0.178. The monoisotopic (exact) mass is 534 g/mol. The van der Waals surface area contributed by atoms with E-state index in [0.29, 0.717) is 28.4 Å². The number of hydrogen-bond acceptors (Lipinski definition) is 8. The number of rotatable bonds is 5. The standard InChI is InChI=1S/C20H13ClN4O2.C6H7FN2S/c1-11-7-13(8-16(21)22-11)18-17(12-5-3-2-4-6-12)25-20-19(24-18)15(27)9-14(10-26)23-20;1-8-10-6-3-2-5(7)4-9-6/h2-10H,1H3,(H,23,25,27);2-4,8H,1H3. The van der Waals surface area contributed by atoms with Crippen LogP contribution in [0.5, 0.6) is 0 Å². The second-order valence-electron chi connectivity index (χ2n) is 7.63. The number of aldehydes is 1. The molecule has 0 fully saturated rings. The van der Waals surface area contributed by atoms with E-state index in [4.69, 9.17) is 11.6 Å². The van der Waals surface area contributed by atoms with E-state index in [1.807, 2.05) is 43.3 Å². The lowest BCUT2D eigenvalue weighted by Gasteiger charge is -2.11. The Bertz CT molecular complexity index is 1590. The summed E-state index contributed by atoms with van der Waals surface area (Å²) in [7, 11) is 1.79. The van der Waals surface area contributed by atoms with Crippen LogP contribution in [0.1, 0.15) is 16.2 Å². The van der Waals surface area contributed by atoms with Gasteiger partial charge in [0, 0.05) is 22.9 Å². The van der Waals surface area contributed by atoms with Gasteiger partial charge < -0.3 is 4.98 Å². The summed E-state index contributed by atoms with van der Waals surface area (Å²) in [5.41, 5.74) is 3.53. The molecule has 0 aliphatic heterocycles. The van der Waals surface area contributed by atoms with Crippen LogP contribution in [0.15, 0.2) is 76.7 Å². The van der Waals surface area contributed by atoms with Crippen LogP contribution in [-0.2, 0) is 0 Å². The van der Waals surface area contributed by atoms with Crippen molar-refractivity contribution in [2.75, 3.05) is 7.05 Å². The van der Waals surface area contributed by atoms with Crippen molar-refractivity contribution >= 4 is 41.0 Å². The number of aromatic amines is 1. The molecule has 5 aromatic rings. The largest absolute Gasteiger partial charge is 0.336 e. The summed E-state index contributed by atoms with van der Waals surface area (Å²) in [6.07, 6.45) is 1.77. The lowest BCUT2D eigenvalue weighted by Crippen LogP contribution is -2.09. The van der Waals surface area contributed by atoms with E-state index in [1.165, 1.54) is 30.3 Å². The zero-order chi connectivity index (χ0) is 26.4. The fraction of sp³-hybridized carbons (Fsp3) is 0.0769. The molecular weight excluding hydrogens is 515 g/mol. The summed E-state index contributed by atoms with van der Waals surface area (Å²) in [4.78, 5) is 43.5. The number of pyridine rings is 3. The van der Waals surface area contributed by atoms with Gasteiger partial charge in [0.1, 0.15) is 16.0 Å². The van der Waals surface area contributed by atoms with Gasteiger partial charge in [0.2, 0.25) is 5.43 Å². The molecule has 0 saturated carbocycles. The molecule has 186 valence electrons. The summed E-state index contributed by atoms with van der Waals surface area (Å²) in [5, 5.41) is 1.10. The van der Waals surface area contributed by atoms with Crippen LogP contribution >= 0.6 is 23.5 Å². The van der Waals surface area contributed by atoms with E-state index in [0.717, 1.165) is 16.3 Å². The van der Waals surface area contributed by atoms with Crippen LogP contribution in [0, 0.1) is 12.7 Å². The highest BCUT2D eigenvalue weighted by atomic mass is 35.5. The Kier molecular flexibility index (Phi) is 8.34. The number of aryl methyl sites for hydroxylation is 1. The molecule has 8 nitrogen and oxygen atoms in total. The van der Waals surface area contributed by atoms with Gasteiger partial charge in [-0.1, -0.05) is 41.9 Å². The molecule has 1 aromatic carbocycles. The van der Waals surface area contributed by atoms with Crippen LogP contribution in [0.25, 0.3) is 33.7 Å². The number of nitrogens with one attached hydrogen (secondary N) is 2. The smallest absolute Gasteiger partial charge is 0.210 e. The fourth-order valence-electron chi connectivity index (χ4n) is 3.43. The first-order valence-corrected chi connectivity index (χ1v) is 12.1. The van der Waals surface area contributed by atoms with Gasteiger partial charge in [-0.15, -0.1) is 0 Å². The summed E-state index contributed by atoms with van der Waals surface area (Å²) < 4.78 is 15.1. The Hall–Kier alpha value is -3.99. The topological polar surface area (TPSA) is 114 Å². The minimum atomic E-state index is -0.379. The van der Waals surface area contributed by atoms with Gasteiger partial charge in [-0.3, -0.25) is 14.3 Å². The van der Waals surface area contributed by atoms with Crippen LogP contribution < -0.4 is 10.2 Å². The second-order valence-corrected chi connectivity index (χ2v) is 9.05. The number of halogens is 2. The molecule has 4 heterocycles. The Morgan fingerprint density at radius 3 is 2.41 bits per heavy atom. The molecule has 0 spiro atoms. The first-order chi connectivity index (χ1) is 17.9. The van der Waals surface area contributed by atoms with Crippen molar-refractivity contribution < 1.29 is 9.18 Å². The highest BCUT2D eigenvalue weighted by molar-refractivity contribution is 7.97. The van der Waals surface area contributed by atoms with Gasteiger partial charge in [0.05, 0.1) is 23.3 Å². The van der Waals surface area contributed by atoms with Crippen LogP contribution in [0.2, 0.25) is 5.15 Å². The molecule has 0 aliphatic rings. The molecule has 5 rings (SSSR count). The van der Waals surface area contributed by atoms with Gasteiger partial charge in [0.25, 0.3) is 0 Å². The molecule has 0 aliphatic carbocycles. The number of benzene rings is 1. The van der Waals surface area contributed by atoms with Gasteiger partial charge in [-0.2, -0.15) is 0 Å². The Morgan fingerprint density at radius 2 is 1.76 bits per heavy atom. The predicted molar refractivity (Wildman–Crippen MR) is 143 cm³/mol. The molecule has 37 heavy (non-hydrogen) atoms. The maximum absolute atomic E-state index is 12.4. The van der Waals surface area contributed by atoms with E-state index in [1.54, 1.807) is 19.2 Å². The molecule has 0 saturated heterocycles. The Balaban J connectivity index is 0.000000270. The van der Waals surface area contributed by atoms with Crippen LogP contribution in [0.3, 0.4) is 0 Å². The number of carbonyl (C=O) groups excluding carboxylic acids is 1. The summed E-state index contributed by atoms with van der Waals surface area (Å²) >= 11 is 7.48. The van der Waals surface area contributed by atoms with E-state index in [-0.39, 0.29) is 28.1 Å². The zero-order valence-corrected chi connectivity index (χ0v) is 21.3. The van der Waals surface area contributed by atoms with E-state index < -0.39 is 0 Å². The molecule has 2 N–H and O–H groups in total. The number of fused-ring (bicyclic) bond motifs is 1. The predicted octanol–water partition coefficient (Wildman–Crippen LogP) is 5.27. The number of H-pyrrole nitrogens is 1. The maximum atomic E-state index is 12.4. The normalized spacial score (nSPS) is 10.6. The van der Waals surface area contributed by atoms with Crippen molar-refractivity contribution in [3.63, 3.8) is 0 Å². The molecule has 0 bridgehead atoms. The number of aromatic nitrogens is 5. The van der Waals surface area contributed by atoms with Crippen molar-refractivity contribution in [1.29, 1.82) is 0 Å². The average molecular weight is 535 g/mol. The van der Waals surface area contributed by atoms with Gasteiger partial charge >= 0.3 is 0 Å². The third kappa shape index (κ3) is 6.42. The van der Waals surface area contributed by atoms with Crippen molar-refractivity contribution in [3.8, 4) is 22.5 Å². The second kappa shape index (κ2) is 11.8. The minimum Gasteiger partial charge on any atom is -0.336 e. The number of hydrogen-bond donors (Lipinski definition) is 2. The molecule has 0 unspecified atom stereocenters. The third-order valence-electron chi connectivity index (χ3n) is 4.96. The van der Waals surface area contributed by atoms with Gasteiger partial charge in [-0.25, -0.2) is 24.3 Å². The number of nitrogens with zero attached hydrogens (tertiary/aromatic N) is 4. The lowest BCUT2D eigenvalue weighted by atomic mass is 10.0. The van der Waals surface area contributed by atoms with E-state index in [9.17, 15) is 14.0 Å².